The summed E-state index contributed by atoms with van der Waals surface area (Å²) in [6.45, 7) is 1.93. The van der Waals surface area contributed by atoms with E-state index in [0.29, 0.717) is 4.88 Å². The van der Waals surface area contributed by atoms with E-state index in [0.717, 1.165) is 29.3 Å². The zero-order valence-corrected chi connectivity index (χ0v) is 14.4. The van der Waals surface area contributed by atoms with Crippen LogP contribution in [-0.2, 0) is 0 Å². The smallest absolute Gasteiger partial charge is 0.339 e. The van der Waals surface area contributed by atoms with Gasteiger partial charge in [-0.15, -0.1) is 11.3 Å². The molecular formula is C19H14FNO4S. The topological polar surface area (TPSA) is 86.6 Å². The summed E-state index contributed by atoms with van der Waals surface area (Å²) in [6, 6.07) is 10.4. The maximum atomic E-state index is 13.1. The number of aromatic hydroxyl groups is 1. The summed E-state index contributed by atoms with van der Waals surface area (Å²) in [5, 5.41) is 23.3. The van der Waals surface area contributed by atoms with Gasteiger partial charge < -0.3 is 15.5 Å². The van der Waals surface area contributed by atoms with Crippen molar-refractivity contribution in [1.82, 2.24) is 0 Å². The highest BCUT2D eigenvalue weighted by Crippen LogP contribution is 2.36. The lowest BCUT2D eigenvalue weighted by atomic mass is 10.1. The molecule has 0 radical (unpaired) electrons. The number of rotatable bonds is 4. The average Bonchev–Trinajstić information content (AvgIpc) is 2.99. The minimum Gasteiger partial charge on any atom is -0.507 e. The fourth-order valence-corrected chi connectivity index (χ4v) is 3.47. The Hall–Kier alpha value is -3.19. The van der Waals surface area contributed by atoms with Gasteiger partial charge in [0.25, 0.3) is 5.91 Å². The van der Waals surface area contributed by atoms with Gasteiger partial charge in [0.15, 0.2) is 0 Å². The van der Waals surface area contributed by atoms with E-state index in [9.17, 15) is 24.2 Å². The van der Waals surface area contributed by atoms with E-state index in [1.165, 1.54) is 16.7 Å². The van der Waals surface area contributed by atoms with Crippen LogP contribution in [0.5, 0.6) is 5.75 Å². The van der Waals surface area contributed by atoms with Crippen molar-refractivity contribution in [3.05, 3.63) is 70.4 Å². The van der Waals surface area contributed by atoms with Gasteiger partial charge in [0.1, 0.15) is 17.1 Å². The van der Waals surface area contributed by atoms with Crippen LogP contribution in [0.25, 0.3) is 10.4 Å². The van der Waals surface area contributed by atoms with Gasteiger partial charge in [0, 0.05) is 11.4 Å². The molecule has 5 nitrogen and oxygen atoms in total. The Labute approximate surface area is 152 Å². The van der Waals surface area contributed by atoms with Crippen LogP contribution >= 0.6 is 11.3 Å². The van der Waals surface area contributed by atoms with Gasteiger partial charge in [-0.3, -0.25) is 4.79 Å². The number of halogens is 1. The first-order chi connectivity index (χ1) is 12.4. The zero-order chi connectivity index (χ0) is 18.8. The molecule has 0 aliphatic heterocycles. The number of carboxylic acids is 1. The maximum Gasteiger partial charge on any atom is 0.339 e. The molecule has 0 atom stereocenters. The number of aryl methyl sites for hydroxylation is 1. The molecule has 0 fully saturated rings. The number of carboxylic acid groups (broad SMARTS) is 1. The molecule has 0 saturated carbocycles. The lowest BCUT2D eigenvalue weighted by molar-refractivity contribution is 0.0699. The molecule has 3 rings (SSSR count). The number of amides is 1. The van der Waals surface area contributed by atoms with Gasteiger partial charge in [-0.2, -0.15) is 0 Å². The van der Waals surface area contributed by atoms with E-state index in [-0.39, 0.29) is 16.8 Å². The molecule has 3 N–H and O–H groups in total. The Morgan fingerprint density at radius 2 is 1.81 bits per heavy atom. The number of nitrogens with one attached hydrogen (secondary N) is 1. The standard InChI is InChI=1S/C19H14FNO4S/c1-10-2-4-11(5-3-10)17-16(19(24)25)14(9-26-17)21-18(23)13-7-6-12(20)8-15(13)22/h2-9,22H,1H3,(H,21,23)(H,24,25). The number of thiophene rings is 1. The number of aromatic carboxylic acids is 1. The Bertz CT molecular complexity index is 995. The van der Waals surface area contributed by atoms with Crippen LogP contribution in [0.2, 0.25) is 0 Å². The number of carbonyl (C=O) groups excluding carboxylic acids is 1. The summed E-state index contributed by atoms with van der Waals surface area (Å²) in [7, 11) is 0. The largest absolute Gasteiger partial charge is 0.507 e. The Kier molecular flexibility index (Phi) is 4.73. The molecule has 0 aliphatic rings. The predicted molar refractivity (Wildman–Crippen MR) is 97.5 cm³/mol. The van der Waals surface area contributed by atoms with Crippen LogP contribution < -0.4 is 5.32 Å². The van der Waals surface area contributed by atoms with Gasteiger partial charge >= 0.3 is 5.97 Å². The van der Waals surface area contributed by atoms with Crippen molar-refractivity contribution in [3.8, 4) is 16.2 Å². The highest BCUT2D eigenvalue weighted by molar-refractivity contribution is 7.14. The third-order valence-electron chi connectivity index (χ3n) is 3.77. The summed E-state index contributed by atoms with van der Waals surface area (Å²) in [5.41, 5.74) is 1.71. The molecule has 26 heavy (non-hydrogen) atoms. The molecular weight excluding hydrogens is 357 g/mol. The SMILES string of the molecule is Cc1ccc(-c2scc(NC(=O)c3ccc(F)cc3O)c2C(=O)O)cc1. The second-order valence-electron chi connectivity index (χ2n) is 5.64. The minimum absolute atomic E-state index is 0.0335. The number of hydrogen-bond acceptors (Lipinski definition) is 4. The second kappa shape index (κ2) is 6.97. The zero-order valence-electron chi connectivity index (χ0n) is 13.6. The van der Waals surface area contributed by atoms with E-state index >= 15 is 0 Å². The highest BCUT2D eigenvalue weighted by atomic mass is 32.1. The first-order valence-corrected chi connectivity index (χ1v) is 8.46. The van der Waals surface area contributed by atoms with Gasteiger partial charge in [-0.05, 0) is 24.6 Å². The average molecular weight is 371 g/mol. The first kappa shape index (κ1) is 17.6. The molecule has 7 heteroatoms. The minimum atomic E-state index is -1.18. The van der Waals surface area contributed by atoms with Crippen molar-refractivity contribution < 1.29 is 24.2 Å². The first-order valence-electron chi connectivity index (χ1n) is 7.58. The molecule has 0 aliphatic carbocycles. The van der Waals surface area contributed by atoms with Crippen LogP contribution in [0, 0.1) is 12.7 Å². The van der Waals surface area contributed by atoms with Crippen molar-refractivity contribution in [3.63, 3.8) is 0 Å². The molecule has 1 aromatic heterocycles. The van der Waals surface area contributed by atoms with Gasteiger partial charge in [-0.1, -0.05) is 29.8 Å². The van der Waals surface area contributed by atoms with Crippen molar-refractivity contribution >= 4 is 28.9 Å². The van der Waals surface area contributed by atoms with Crippen molar-refractivity contribution in [2.24, 2.45) is 0 Å². The number of benzene rings is 2. The monoisotopic (exact) mass is 371 g/mol. The van der Waals surface area contributed by atoms with Crippen molar-refractivity contribution in [2.75, 3.05) is 5.32 Å². The Balaban J connectivity index is 1.97. The van der Waals surface area contributed by atoms with Gasteiger partial charge in [-0.25, -0.2) is 9.18 Å². The lowest BCUT2D eigenvalue weighted by Gasteiger charge is -2.08. The van der Waals surface area contributed by atoms with Gasteiger partial charge in [0.2, 0.25) is 0 Å². The summed E-state index contributed by atoms with van der Waals surface area (Å²) in [4.78, 5) is 24.6. The van der Waals surface area contributed by atoms with E-state index in [1.54, 1.807) is 0 Å². The normalized spacial score (nSPS) is 10.5. The maximum absolute atomic E-state index is 13.1. The molecule has 0 unspecified atom stereocenters. The molecule has 1 amide bonds. The van der Waals surface area contributed by atoms with Crippen molar-refractivity contribution in [2.45, 2.75) is 6.92 Å². The van der Waals surface area contributed by atoms with Crippen LogP contribution in [0.3, 0.4) is 0 Å². The fraction of sp³-hybridized carbons (Fsp3) is 0.0526. The van der Waals surface area contributed by atoms with E-state index < -0.39 is 23.4 Å². The van der Waals surface area contributed by atoms with Crippen LogP contribution in [0.1, 0.15) is 26.3 Å². The van der Waals surface area contributed by atoms with Crippen LogP contribution in [-0.4, -0.2) is 22.1 Å². The fourth-order valence-electron chi connectivity index (χ4n) is 2.47. The number of anilines is 1. The quantitative estimate of drug-likeness (QED) is 0.629. The highest BCUT2D eigenvalue weighted by Gasteiger charge is 2.22. The molecule has 2 aromatic carbocycles. The van der Waals surface area contributed by atoms with E-state index in [4.69, 9.17) is 0 Å². The van der Waals surface area contributed by atoms with Crippen molar-refractivity contribution in [1.29, 1.82) is 0 Å². The molecule has 3 aromatic rings. The molecule has 0 spiro atoms. The summed E-state index contributed by atoms with van der Waals surface area (Å²) in [5.74, 6) is -3.10. The summed E-state index contributed by atoms with van der Waals surface area (Å²) < 4.78 is 13.1. The van der Waals surface area contributed by atoms with Gasteiger partial charge in [0.05, 0.1) is 16.1 Å². The molecule has 132 valence electrons. The Morgan fingerprint density at radius 3 is 2.42 bits per heavy atom. The molecule has 0 bridgehead atoms. The van der Waals surface area contributed by atoms with E-state index in [1.807, 2.05) is 31.2 Å². The number of carbonyl (C=O) groups is 2. The summed E-state index contributed by atoms with van der Waals surface area (Å²) in [6.07, 6.45) is 0. The third kappa shape index (κ3) is 3.43. The number of phenols is 1. The number of hydrogen-bond donors (Lipinski definition) is 3. The Morgan fingerprint density at radius 1 is 1.12 bits per heavy atom. The predicted octanol–water partition coefficient (Wildman–Crippen LogP) is 4.52. The third-order valence-corrected chi connectivity index (χ3v) is 4.80. The van der Waals surface area contributed by atoms with Crippen LogP contribution in [0.4, 0.5) is 10.1 Å². The summed E-state index contributed by atoms with van der Waals surface area (Å²) >= 11 is 1.19. The lowest BCUT2D eigenvalue weighted by Crippen LogP contribution is -2.14. The second-order valence-corrected chi connectivity index (χ2v) is 6.52. The molecule has 0 saturated heterocycles. The van der Waals surface area contributed by atoms with Crippen LogP contribution in [0.15, 0.2) is 47.8 Å². The van der Waals surface area contributed by atoms with E-state index in [2.05, 4.69) is 5.32 Å². The number of phenolic OH excluding ortho intramolecular Hbond substituents is 1. The molecule has 1 heterocycles.